The van der Waals surface area contributed by atoms with Crippen molar-refractivity contribution >= 4 is 23.3 Å². The standard InChI is InChI=1S/2C27H21O.Zr/c2*1-2-19-11-13-20(14-12-19)24-10-6-9-22-17-23(18-25(22)24)27-16-15-26(28-27)21-7-4-3-5-8-21;/h2*3-18H,2H2,1H3;. The molecule has 0 bridgehead atoms. The number of aryl methyl sites for hydroxylation is 2. The van der Waals surface area contributed by atoms with Gasteiger partial charge in [-0.1, -0.05) is 0 Å². The number of furan rings is 2. The van der Waals surface area contributed by atoms with Crippen LogP contribution in [0.3, 0.4) is 0 Å². The number of rotatable bonds is 10. The molecule has 2 unspecified atom stereocenters. The Kier molecular flexibility index (Phi) is 9.57. The molecule has 2 heterocycles. The molecule has 2 atom stereocenters. The zero-order valence-electron chi connectivity index (χ0n) is 32.2. The second kappa shape index (κ2) is 15.3. The molecule has 8 aromatic rings. The van der Waals surface area contributed by atoms with Gasteiger partial charge in [0.2, 0.25) is 0 Å². The minimum absolute atomic E-state index is 0.253. The van der Waals surface area contributed by atoms with Gasteiger partial charge in [-0.25, -0.2) is 0 Å². The van der Waals surface area contributed by atoms with Gasteiger partial charge in [-0.05, 0) is 0 Å². The van der Waals surface area contributed by atoms with E-state index in [0.717, 1.165) is 47.0 Å². The van der Waals surface area contributed by atoms with E-state index in [4.69, 9.17) is 8.83 Å². The first-order valence-electron chi connectivity index (χ1n) is 20.1. The van der Waals surface area contributed by atoms with Crippen LogP contribution in [0.4, 0.5) is 0 Å². The van der Waals surface area contributed by atoms with Gasteiger partial charge in [0, 0.05) is 0 Å². The van der Waals surface area contributed by atoms with Crippen molar-refractivity contribution in [1.82, 2.24) is 0 Å². The molecule has 57 heavy (non-hydrogen) atoms. The maximum absolute atomic E-state index is 6.81. The van der Waals surface area contributed by atoms with Crippen LogP contribution in [0, 0.1) is 0 Å². The van der Waals surface area contributed by atoms with Crippen LogP contribution in [-0.2, 0) is 36.1 Å². The van der Waals surface area contributed by atoms with Gasteiger partial charge in [0.15, 0.2) is 0 Å². The van der Waals surface area contributed by atoms with Crippen molar-refractivity contribution in [2.45, 2.75) is 33.9 Å². The van der Waals surface area contributed by atoms with E-state index in [0.29, 0.717) is 0 Å². The van der Waals surface area contributed by atoms with Crippen LogP contribution in [-0.4, -0.2) is 0 Å². The third-order valence-corrected chi connectivity index (χ3v) is 16.4. The molecule has 274 valence electrons. The summed E-state index contributed by atoms with van der Waals surface area (Å²) in [7, 11) is 0. The van der Waals surface area contributed by atoms with Crippen molar-refractivity contribution in [3.8, 4) is 44.9 Å². The normalized spacial score (nSPS) is 15.5. The summed E-state index contributed by atoms with van der Waals surface area (Å²) in [4.78, 5) is 0. The molecule has 0 N–H and O–H groups in total. The predicted octanol–water partition coefficient (Wildman–Crippen LogP) is 14.6. The van der Waals surface area contributed by atoms with Crippen LogP contribution in [0.1, 0.15) is 66.0 Å². The quantitative estimate of drug-likeness (QED) is 0.137. The predicted molar refractivity (Wildman–Crippen MR) is 232 cm³/mol. The SMILES string of the molecule is CCc1ccc(-c2cccc3c2C=C(c2ccc(-c4ccccc4)o2)[CH]3[Zr][CH]2C(c3ccc(-c4ccccc4)o3)=Cc3c(-c4ccc(CC)cc4)cccc32)cc1. The topological polar surface area (TPSA) is 26.3 Å². The molecule has 6 aromatic carbocycles. The summed E-state index contributed by atoms with van der Waals surface area (Å²) in [5.41, 5.74) is 18.0. The second-order valence-electron chi connectivity index (χ2n) is 15.0. The summed E-state index contributed by atoms with van der Waals surface area (Å²) in [5.74, 6) is 3.72. The van der Waals surface area contributed by atoms with E-state index in [1.54, 1.807) is 0 Å². The van der Waals surface area contributed by atoms with Crippen LogP contribution >= 0.6 is 0 Å². The zero-order valence-corrected chi connectivity index (χ0v) is 34.7. The van der Waals surface area contributed by atoms with Crippen LogP contribution in [0.2, 0.25) is 0 Å². The van der Waals surface area contributed by atoms with Crippen LogP contribution < -0.4 is 0 Å². The van der Waals surface area contributed by atoms with Crippen molar-refractivity contribution in [1.29, 1.82) is 0 Å². The van der Waals surface area contributed by atoms with Gasteiger partial charge >= 0.3 is 349 Å². The summed E-state index contributed by atoms with van der Waals surface area (Å²) in [6.45, 7) is 4.43. The molecule has 0 aliphatic heterocycles. The molecule has 0 radical (unpaired) electrons. The number of fused-ring (bicyclic) bond motifs is 2. The van der Waals surface area contributed by atoms with E-state index in [9.17, 15) is 0 Å². The minimum atomic E-state index is -1.43. The number of hydrogen-bond acceptors (Lipinski definition) is 2. The molecule has 10 rings (SSSR count). The van der Waals surface area contributed by atoms with Crippen molar-refractivity contribution in [2.24, 2.45) is 0 Å². The van der Waals surface area contributed by atoms with Gasteiger partial charge in [0.05, 0.1) is 0 Å². The van der Waals surface area contributed by atoms with E-state index in [2.05, 4.69) is 196 Å². The second-order valence-corrected chi connectivity index (χ2v) is 18.7. The third kappa shape index (κ3) is 6.69. The average Bonchev–Trinajstić information content (AvgIpc) is 4.10. The van der Waals surface area contributed by atoms with Crippen molar-refractivity contribution in [2.75, 3.05) is 0 Å². The first kappa shape index (κ1) is 35.6. The first-order chi connectivity index (χ1) is 28.1. The van der Waals surface area contributed by atoms with Crippen molar-refractivity contribution < 1.29 is 32.1 Å². The molecule has 3 heteroatoms. The van der Waals surface area contributed by atoms with Gasteiger partial charge in [-0.2, -0.15) is 0 Å². The molecule has 2 nitrogen and oxygen atoms in total. The maximum atomic E-state index is 6.81. The zero-order chi connectivity index (χ0) is 38.3. The molecule has 2 aliphatic carbocycles. The molecule has 2 aliphatic rings. The molecule has 0 saturated heterocycles. The Morgan fingerprint density at radius 3 is 1.19 bits per heavy atom. The Bertz CT molecular complexity index is 2570. The summed E-state index contributed by atoms with van der Waals surface area (Å²) in [6.07, 6.45) is 6.95. The molecule has 0 saturated carbocycles. The van der Waals surface area contributed by atoms with Gasteiger partial charge in [0.1, 0.15) is 0 Å². The Morgan fingerprint density at radius 1 is 0.386 bits per heavy atom. The monoisotopic (exact) mass is 812 g/mol. The van der Waals surface area contributed by atoms with E-state index in [1.165, 1.54) is 66.8 Å². The molecule has 0 amide bonds. The average molecular weight is 814 g/mol. The van der Waals surface area contributed by atoms with E-state index < -0.39 is 23.2 Å². The Balaban J connectivity index is 1.11. The van der Waals surface area contributed by atoms with Crippen LogP contribution in [0.25, 0.3) is 68.2 Å². The van der Waals surface area contributed by atoms with E-state index in [-0.39, 0.29) is 7.25 Å². The van der Waals surface area contributed by atoms with Gasteiger partial charge in [0.25, 0.3) is 0 Å². The molecular formula is C54H42O2Zr. The number of benzene rings is 6. The summed E-state index contributed by atoms with van der Waals surface area (Å²) in [5, 5.41) is 0. The van der Waals surface area contributed by atoms with Gasteiger partial charge in [-0.3, -0.25) is 0 Å². The fraction of sp³-hybridized carbons (Fsp3) is 0.111. The molecule has 0 fully saturated rings. The Morgan fingerprint density at radius 2 is 0.789 bits per heavy atom. The third-order valence-electron chi connectivity index (χ3n) is 11.7. The van der Waals surface area contributed by atoms with Crippen molar-refractivity contribution in [3.05, 3.63) is 215 Å². The van der Waals surface area contributed by atoms with Crippen LogP contribution in [0.5, 0.6) is 0 Å². The van der Waals surface area contributed by atoms with E-state index in [1.807, 2.05) is 0 Å². The fourth-order valence-corrected chi connectivity index (χ4v) is 13.5. The molecular weight excluding hydrogens is 772 g/mol. The van der Waals surface area contributed by atoms with Crippen molar-refractivity contribution in [3.63, 3.8) is 0 Å². The van der Waals surface area contributed by atoms with Gasteiger partial charge < -0.3 is 0 Å². The summed E-state index contributed by atoms with van der Waals surface area (Å²) in [6, 6.07) is 61.7. The van der Waals surface area contributed by atoms with Crippen LogP contribution in [0.15, 0.2) is 179 Å². The Labute approximate surface area is 346 Å². The summed E-state index contributed by atoms with van der Waals surface area (Å²) < 4.78 is 14.1. The number of hydrogen-bond donors (Lipinski definition) is 0. The molecule has 2 aromatic heterocycles. The van der Waals surface area contributed by atoms with Gasteiger partial charge in [-0.15, -0.1) is 0 Å². The Hall–Kier alpha value is -5.76. The van der Waals surface area contributed by atoms with E-state index >= 15 is 0 Å². The summed E-state index contributed by atoms with van der Waals surface area (Å²) >= 11 is -1.43. The fourth-order valence-electron chi connectivity index (χ4n) is 8.60. The number of allylic oxidation sites excluding steroid dienone is 2. The first-order valence-corrected chi connectivity index (χ1v) is 22.9. The molecule has 0 spiro atoms.